The number of rotatable bonds is 9. The fourth-order valence-electron chi connectivity index (χ4n) is 9.98. The van der Waals surface area contributed by atoms with E-state index in [2.05, 4.69) is 276 Å². The molecule has 0 atom stereocenters. The van der Waals surface area contributed by atoms with E-state index in [0.717, 1.165) is 39.4 Å². The van der Waals surface area contributed by atoms with E-state index in [0.29, 0.717) is 0 Å². The summed E-state index contributed by atoms with van der Waals surface area (Å²) in [4.78, 5) is 2.46. The maximum Gasteiger partial charge on any atom is 0.0541 e. The minimum absolute atomic E-state index is 1.06. The normalized spacial score (nSPS) is 11.3. The highest BCUT2D eigenvalue weighted by atomic mass is 15.1. The van der Waals surface area contributed by atoms with Crippen molar-refractivity contribution in [1.82, 2.24) is 4.57 Å². The number of aromatic nitrogens is 1. The number of benzene rings is 11. The Morgan fingerprint density at radius 2 is 0.773 bits per heavy atom. The van der Waals surface area contributed by atoms with Gasteiger partial charge in [-0.2, -0.15) is 0 Å². The van der Waals surface area contributed by atoms with E-state index in [1.54, 1.807) is 0 Å². The summed E-state index contributed by atoms with van der Waals surface area (Å²) in [6.07, 6.45) is 0. The van der Waals surface area contributed by atoms with Gasteiger partial charge in [0.1, 0.15) is 0 Å². The monoisotopic (exact) mass is 840 g/mol. The van der Waals surface area contributed by atoms with Gasteiger partial charge in [0.25, 0.3) is 0 Å². The number of fused-ring (bicyclic) bond motifs is 4. The molecule has 2 nitrogen and oxygen atoms in total. The molecule has 0 fully saturated rings. The molecule has 0 amide bonds. The fraction of sp³-hybridized carbons (Fsp3) is 0. The number of hydrogen-bond acceptors (Lipinski definition) is 1. The molecule has 0 radical (unpaired) electrons. The summed E-state index contributed by atoms with van der Waals surface area (Å²) in [5, 5.41) is 4.94. The van der Waals surface area contributed by atoms with Crippen molar-refractivity contribution in [2.24, 2.45) is 0 Å². The van der Waals surface area contributed by atoms with Crippen LogP contribution < -0.4 is 4.90 Å². The molecule has 1 aromatic heterocycles. The zero-order valence-electron chi connectivity index (χ0n) is 36.3. The maximum atomic E-state index is 2.46. The van der Waals surface area contributed by atoms with Gasteiger partial charge in [-0.3, -0.25) is 0 Å². The van der Waals surface area contributed by atoms with Crippen LogP contribution in [-0.4, -0.2) is 4.57 Å². The van der Waals surface area contributed by atoms with Crippen molar-refractivity contribution in [3.05, 3.63) is 267 Å². The van der Waals surface area contributed by atoms with Crippen molar-refractivity contribution in [3.63, 3.8) is 0 Å². The summed E-state index contributed by atoms with van der Waals surface area (Å²) < 4.78 is 2.41. The highest BCUT2D eigenvalue weighted by Crippen LogP contribution is 2.49. The standard InChI is InChI=1S/C64H44N2/c1-3-21-46(22-4-1)54-30-9-10-34-59(54)64-55(47-23-5-2-6-24-47)35-19-36-60(64)58-33-13-14-37-61(58)65(51-27-17-26-49(43-51)50-41-40-45-20-7-8-25-48(45)42-50)52-28-18-29-53(44-52)66-62-38-15-11-31-56(62)57-32-12-16-39-63(57)66/h1-44H. The van der Waals surface area contributed by atoms with E-state index < -0.39 is 0 Å². The molecule has 310 valence electrons. The van der Waals surface area contributed by atoms with Crippen molar-refractivity contribution in [1.29, 1.82) is 0 Å². The zero-order valence-corrected chi connectivity index (χ0v) is 36.3. The van der Waals surface area contributed by atoms with Crippen molar-refractivity contribution in [3.8, 4) is 61.3 Å². The van der Waals surface area contributed by atoms with E-state index in [-0.39, 0.29) is 0 Å². The first-order chi connectivity index (χ1) is 32.8. The average Bonchev–Trinajstić information content (AvgIpc) is 3.74. The van der Waals surface area contributed by atoms with Crippen LogP contribution in [0.3, 0.4) is 0 Å². The summed E-state index contributed by atoms with van der Waals surface area (Å²) in [5.41, 5.74) is 18.4. The van der Waals surface area contributed by atoms with Gasteiger partial charge in [-0.15, -0.1) is 0 Å². The first kappa shape index (κ1) is 38.9. The molecule has 0 spiro atoms. The third-order valence-electron chi connectivity index (χ3n) is 13.0. The summed E-state index contributed by atoms with van der Waals surface area (Å²) in [7, 11) is 0. The molecule has 0 N–H and O–H groups in total. The second-order valence-electron chi connectivity index (χ2n) is 16.9. The first-order valence-electron chi connectivity index (χ1n) is 22.7. The topological polar surface area (TPSA) is 8.17 Å². The van der Waals surface area contributed by atoms with E-state index in [9.17, 15) is 0 Å². The molecule has 0 unspecified atom stereocenters. The summed E-state index contributed by atoms with van der Waals surface area (Å²) in [5.74, 6) is 0. The highest BCUT2D eigenvalue weighted by Gasteiger charge is 2.24. The van der Waals surface area contributed by atoms with Crippen LogP contribution in [0.15, 0.2) is 267 Å². The minimum atomic E-state index is 1.06. The molecular formula is C64H44N2. The molecule has 11 aromatic carbocycles. The molecule has 0 saturated carbocycles. The molecule has 0 saturated heterocycles. The van der Waals surface area contributed by atoms with Crippen LogP contribution in [0.25, 0.3) is 93.9 Å². The molecule has 0 aliphatic carbocycles. The van der Waals surface area contributed by atoms with Crippen LogP contribution in [0.1, 0.15) is 0 Å². The molecule has 0 bridgehead atoms. The van der Waals surface area contributed by atoms with Gasteiger partial charge in [-0.25, -0.2) is 0 Å². The van der Waals surface area contributed by atoms with Crippen molar-refractivity contribution in [2.45, 2.75) is 0 Å². The Kier molecular flexibility index (Phi) is 9.89. The molecule has 0 aliphatic rings. The quantitative estimate of drug-likeness (QED) is 0.141. The molecule has 66 heavy (non-hydrogen) atoms. The fourth-order valence-corrected chi connectivity index (χ4v) is 9.98. The van der Waals surface area contributed by atoms with Gasteiger partial charge in [0.15, 0.2) is 0 Å². The van der Waals surface area contributed by atoms with E-state index in [1.807, 2.05) is 0 Å². The summed E-state index contributed by atoms with van der Waals surface area (Å²) >= 11 is 0. The lowest BCUT2D eigenvalue weighted by Crippen LogP contribution is -2.12. The number of hydrogen-bond donors (Lipinski definition) is 0. The zero-order chi connectivity index (χ0) is 43.8. The van der Waals surface area contributed by atoms with Crippen LogP contribution >= 0.6 is 0 Å². The van der Waals surface area contributed by atoms with Crippen LogP contribution in [0.2, 0.25) is 0 Å². The average molecular weight is 841 g/mol. The minimum Gasteiger partial charge on any atom is -0.310 e. The Bertz CT molecular complexity index is 3660. The van der Waals surface area contributed by atoms with Gasteiger partial charge >= 0.3 is 0 Å². The Balaban J connectivity index is 1.11. The van der Waals surface area contributed by atoms with Crippen LogP contribution in [0.5, 0.6) is 0 Å². The Labute approximate surface area is 385 Å². The lowest BCUT2D eigenvalue weighted by atomic mass is 9.84. The maximum absolute atomic E-state index is 2.46. The van der Waals surface area contributed by atoms with E-state index >= 15 is 0 Å². The lowest BCUT2D eigenvalue weighted by molar-refractivity contribution is 1.17. The van der Waals surface area contributed by atoms with E-state index in [1.165, 1.54) is 71.5 Å². The van der Waals surface area contributed by atoms with Gasteiger partial charge < -0.3 is 9.47 Å². The molecular weight excluding hydrogens is 797 g/mol. The highest BCUT2D eigenvalue weighted by molar-refractivity contribution is 6.09. The Morgan fingerprint density at radius 3 is 1.52 bits per heavy atom. The number of anilines is 3. The summed E-state index contributed by atoms with van der Waals surface area (Å²) in [6, 6.07) is 97.1. The predicted molar refractivity (Wildman–Crippen MR) is 280 cm³/mol. The van der Waals surface area contributed by atoms with Crippen LogP contribution in [0.4, 0.5) is 17.1 Å². The third kappa shape index (κ3) is 6.93. The molecule has 2 heteroatoms. The van der Waals surface area contributed by atoms with Crippen molar-refractivity contribution in [2.75, 3.05) is 4.90 Å². The van der Waals surface area contributed by atoms with Crippen molar-refractivity contribution < 1.29 is 0 Å². The van der Waals surface area contributed by atoms with Crippen LogP contribution in [0, 0.1) is 0 Å². The molecule has 0 aliphatic heterocycles. The second kappa shape index (κ2) is 16.8. The molecule has 12 aromatic rings. The van der Waals surface area contributed by atoms with Gasteiger partial charge in [0.2, 0.25) is 0 Å². The predicted octanol–water partition coefficient (Wildman–Crippen LogP) is 17.7. The van der Waals surface area contributed by atoms with Gasteiger partial charge in [-0.05, 0) is 115 Å². The summed E-state index contributed by atoms with van der Waals surface area (Å²) in [6.45, 7) is 0. The Morgan fingerprint density at radius 1 is 0.273 bits per heavy atom. The van der Waals surface area contributed by atoms with Gasteiger partial charge in [0.05, 0.1) is 16.7 Å². The second-order valence-corrected chi connectivity index (χ2v) is 16.9. The third-order valence-corrected chi connectivity index (χ3v) is 13.0. The largest absolute Gasteiger partial charge is 0.310 e. The number of nitrogens with zero attached hydrogens (tertiary/aromatic N) is 2. The van der Waals surface area contributed by atoms with E-state index in [4.69, 9.17) is 0 Å². The van der Waals surface area contributed by atoms with Crippen molar-refractivity contribution >= 4 is 49.6 Å². The smallest absolute Gasteiger partial charge is 0.0541 e. The number of para-hydroxylation sites is 3. The van der Waals surface area contributed by atoms with Gasteiger partial charge in [0, 0.05) is 33.4 Å². The van der Waals surface area contributed by atoms with Crippen LogP contribution in [-0.2, 0) is 0 Å². The molecule has 1 heterocycles. The lowest BCUT2D eigenvalue weighted by Gasteiger charge is -2.30. The SMILES string of the molecule is c1ccc(-c2ccccc2-c2c(-c3ccccc3)cccc2-c2ccccc2N(c2cccc(-c3ccc4ccccc4c3)c2)c2cccc(-n3c4ccccc4c4ccccc43)c2)cc1. The molecule has 12 rings (SSSR count). The first-order valence-corrected chi connectivity index (χ1v) is 22.7. The Hall–Kier alpha value is -8.72. The van der Waals surface area contributed by atoms with Gasteiger partial charge in [-0.1, -0.05) is 212 Å².